The molecule has 2 aromatic rings. The monoisotopic (exact) mass is 368 g/mol. The maximum Gasteiger partial charge on any atom is 0.318 e. The predicted molar refractivity (Wildman–Crippen MR) is 96.7 cm³/mol. The Morgan fingerprint density at radius 2 is 2.08 bits per heavy atom. The molecule has 2 heterocycles. The number of thioether (sulfide) groups is 1. The van der Waals surface area contributed by atoms with Gasteiger partial charge in [-0.3, -0.25) is 19.5 Å². The van der Waals surface area contributed by atoms with Crippen LogP contribution in [-0.2, 0) is 11.3 Å². The van der Waals surface area contributed by atoms with Gasteiger partial charge in [-0.1, -0.05) is 25.1 Å². The van der Waals surface area contributed by atoms with E-state index in [4.69, 9.17) is 5.73 Å². The molecule has 0 radical (unpaired) electrons. The summed E-state index contributed by atoms with van der Waals surface area (Å²) in [5, 5.41) is 3.15. The number of imide groups is 1. The summed E-state index contributed by atoms with van der Waals surface area (Å²) in [5.74, 6) is -0.543. The summed E-state index contributed by atoms with van der Waals surface area (Å²) in [4.78, 5) is 41.5. The highest BCUT2D eigenvalue weighted by molar-refractivity contribution is 7.99. The van der Waals surface area contributed by atoms with Crippen molar-refractivity contribution in [1.82, 2.24) is 14.9 Å². The molecule has 7 nitrogen and oxygen atoms in total. The molecule has 2 aromatic heterocycles. The van der Waals surface area contributed by atoms with Crippen LogP contribution in [0.1, 0.15) is 30.2 Å². The Balaban J connectivity index is 2.41. The fraction of sp³-hybridized carbons (Fsp3) is 0.467. The number of rotatable bonds is 6. The van der Waals surface area contributed by atoms with Gasteiger partial charge in [-0.05, 0) is 25.8 Å². The largest absolute Gasteiger partial charge is 0.351 e. The van der Waals surface area contributed by atoms with Crippen LogP contribution in [0.25, 0.3) is 10.2 Å². The molecule has 0 atom stereocenters. The minimum atomic E-state index is -0.892. The van der Waals surface area contributed by atoms with E-state index in [-0.39, 0.29) is 11.3 Å². The van der Waals surface area contributed by atoms with E-state index in [1.807, 2.05) is 26.1 Å². The van der Waals surface area contributed by atoms with Crippen LogP contribution in [0.15, 0.2) is 9.95 Å². The van der Waals surface area contributed by atoms with Crippen LogP contribution in [0.2, 0.25) is 0 Å². The Bertz CT molecular complexity index is 841. The zero-order chi connectivity index (χ0) is 17.9. The van der Waals surface area contributed by atoms with E-state index in [0.717, 1.165) is 35.0 Å². The highest BCUT2D eigenvalue weighted by Crippen LogP contribution is 2.28. The lowest BCUT2D eigenvalue weighted by Crippen LogP contribution is -2.36. The second kappa shape index (κ2) is 7.80. The molecular formula is C15H20N4O3S2. The molecule has 0 fully saturated rings. The number of thiophene rings is 1. The summed E-state index contributed by atoms with van der Waals surface area (Å²) in [6.45, 7) is 6.48. The number of nitrogens with two attached hydrogens (primary N) is 1. The van der Waals surface area contributed by atoms with Gasteiger partial charge in [-0.15, -0.1) is 11.3 Å². The van der Waals surface area contributed by atoms with Crippen molar-refractivity contribution in [3.63, 3.8) is 0 Å². The number of hydrogen-bond acceptors (Lipinski definition) is 6. The normalized spacial score (nSPS) is 11.0. The zero-order valence-electron chi connectivity index (χ0n) is 13.8. The summed E-state index contributed by atoms with van der Waals surface area (Å²) < 4.78 is 1.62. The van der Waals surface area contributed by atoms with Crippen molar-refractivity contribution in [2.45, 2.75) is 45.3 Å². The van der Waals surface area contributed by atoms with Gasteiger partial charge < -0.3 is 5.73 Å². The Labute approximate surface area is 147 Å². The molecular weight excluding hydrogens is 348 g/mol. The Kier molecular flexibility index (Phi) is 6.00. The number of hydrogen-bond donors (Lipinski definition) is 2. The number of urea groups is 1. The number of fused-ring (bicyclic) bond motifs is 1. The molecule has 0 aliphatic heterocycles. The lowest BCUT2D eigenvalue weighted by Gasteiger charge is -2.11. The topological polar surface area (TPSA) is 107 Å². The molecule has 0 saturated carbocycles. The van der Waals surface area contributed by atoms with Gasteiger partial charge in [0.05, 0.1) is 11.1 Å². The number of amides is 3. The standard InChI is InChI=1S/C15H20N4O3S2/c1-4-5-6-19-13(21)11-8(2)9(3)24-12(11)18-15(19)23-7-10(20)17-14(16)22/h4-7H2,1-3H3,(H3,16,17,20,22). The quantitative estimate of drug-likeness (QED) is 0.600. The van der Waals surface area contributed by atoms with Crippen LogP contribution >= 0.6 is 23.1 Å². The maximum atomic E-state index is 12.9. The molecule has 0 saturated heterocycles. The van der Waals surface area contributed by atoms with Gasteiger partial charge in [0.2, 0.25) is 5.91 Å². The molecule has 0 aliphatic rings. The van der Waals surface area contributed by atoms with Gasteiger partial charge >= 0.3 is 6.03 Å². The van der Waals surface area contributed by atoms with E-state index in [0.29, 0.717) is 21.9 Å². The zero-order valence-corrected chi connectivity index (χ0v) is 15.5. The van der Waals surface area contributed by atoms with Crippen LogP contribution in [0.3, 0.4) is 0 Å². The third-order valence-electron chi connectivity index (χ3n) is 3.58. The van der Waals surface area contributed by atoms with Crippen molar-refractivity contribution in [3.8, 4) is 0 Å². The fourth-order valence-electron chi connectivity index (χ4n) is 2.24. The van der Waals surface area contributed by atoms with Gasteiger partial charge in [-0.25, -0.2) is 9.78 Å². The SMILES string of the molecule is CCCCn1c(SCC(=O)NC(N)=O)nc2sc(C)c(C)c2c1=O. The molecule has 2 rings (SSSR count). The molecule has 0 aromatic carbocycles. The highest BCUT2D eigenvalue weighted by atomic mass is 32.2. The van der Waals surface area contributed by atoms with Gasteiger partial charge in [0.25, 0.3) is 5.56 Å². The molecule has 0 bridgehead atoms. The molecule has 3 N–H and O–H groups in total. The number of aromatic nitrogens is 2. The minimum Gasteiger partial charge on any atom is -0.351 e. The van der Waals surface area contributed by atoms with Crippen LogP contribution < -0.4 is 16.6 Å². The van der Waals surface area contributed by atoms with Crippen LogP contribution in [0.4, 0.5) is 4.79 Å². The second-order valence-corrected chi connectivity index (χ2v) is 7.51. The molecule has 3 amide bonds. The summed E-state index contributed by atoms with van der Waals surface area (Å²) >= 11 is 2.60. The lowest BCUT2D eigenvalue weighted by atomic mass is 10.2. The number of nitrogens with zero attached hydrogens (tertiary/aromatic N) is 2. The van der Waals surface area contributed by atoms with E-state index in [1.54, 1.807) is 4.57 Å². The van der Waals surface area contributed by atoms with E-state index in [9.17, 15) is 14.4 Å². The van der Waals surface area contributed by atoms with Crippen LogP contribution in [0, 0.1) is 13.8 Å². The lowest BCUT2D eigenvalue weighted by molar-refractivity contribution is -0.117. The van der Waals surface area contributed by atoms with Crippen molar-refractivity contribution in [3.05, 3.63) is 20.8 Å². The van der Waals surface area contributed by atoms with Crippen molar-refractivity contribution in [2.75, 3.05) is 5.75 Å². The minimum absolute atomic E-state index is 0.0314. The first-order valence-electron chi connectivity index (χ1n) is 7.57. The van der Waals surface area contributed by atoms with Gasteiger partial charge in [-0.2, -0.15) is 0 Å². The molecule has 0 spiro atoms. The van der Waals surface area contributed by atoms with E-state index in [1.165, 1.54) is 11.3 Å². The summed E-state index contributed by atoms with van der Waals surface area (Å²) in [6, 6.07) is -0.892. The molecule has 24 heavy (non-hydrogen) atoms. The number of carbonyl (C=O) groups excluding carboxylic acids is 2. The number of carbonyl (C=O) groups is 2. The smallest absolute Gasteiger partial charge is 0.318 e. The molecule has 0 aliphatic carbocycles. The Morgan fingerprint density at radius 3 is 2.71 bits per heavy atom. The van der Waals surface area contributed by atoms with Crippen molar-refractivity contribution in [1.29, 1.82) is 0 Å². The number of unbranched alkanes of at least 4 members (excludes halogenated alkanes) is 1. The Morgan fingerprint density at radius 1 is 1.38 bits per heavy atom. The van der Waals surface area contributed by atoms with E-state index in [2.05, 4.69) is 4.98 Å². The fourth-order valence-corrected chi connectivity index (χ4v) is 4.13. The molecule has 9 heteroatoms. The van der Waals surface area contributed by atoms with Crippen LogP contribution in [0.5, 0.6) is 0 Å². The number of nitrogens with one attached hydrogen (secondary N) is 1. The average Bonchev–Trinajstić information content (AvgIpc) is 2.78. The van der Waals surface area contributed by atoms with Crippen molar-refractivity contribution >= 4 is 45.3 Å². The first kappa shape index (κ1) is 18.5. The van der Waals surface area contributed by atoms with Gasteiger partial charge in [0.15, 0.2) is 5.16 Å². The van der Waals surface area contributed by atoms with Crippen LogP contribution in [-0.4, -0.2) is 27.2 Å². The Hall–Kier alpha value is -1.87. The summed E-state index contributed by atoms with van der Waals surface area (Å²) in [6.07, 6.45) is 1.79. The first-order chi connectivity index (χ1) is 11.3. The van der Waals surface area contributed by atoms with Crippen molar-refractivity contribution in [2.24, 2.45) is 5.73 Å². The second-order valence-electron chi connectivity index (χ2n) is 5.37. The third kappa shape index (κ3) is 3.96. The van der Waals surface area contributed by atoms with Gasteiger partial charge in [0.1, 0.15) is 4.83 Å². The molecule has 130 valence electrons. The highest BCUT2D eigenvalue weighted by Gasteiger charge is 2.17. The number of primary amides is 1. The predicted octanol–water partition coefficient (Wildman–Crippen LogP) is 2.16. The van der Waals surface area contributed by atoms with E-state index < -0.39 is 11.9 Å². The third-order valence-corrected chi connectivity index (χ3v) is 5.66. The summed E-state index contributed by atoms with van der Waals surface area (Å²) in [7, 11) is 0. The number of aryl methyl sites for hydroxylation is 2. The summed E-state index contributed by atoms with van der Waals surface area (Å²) in [5.41, 5.74) is 5.81. The van der Waals surface area contributed by atoms with Gasteiger partial charge in [0, 0.05) is 11.4 Å². The first-order valence-corrected chi connectivity index (χ1v) is 9.38. The average molecular weight is 368 g/mol. The molecule has 0 unspecified atom stereocenters. The van der Waals surface area contributed by atoms with Crippen molar-refractivity contribution < 1.29 is 9.59 Å². The maximum absolute atomic E-state index is 12.9. The van der Waals surface area contributed by atoms with E-state index >= 15 is 0 Å².